The Balaban J connectivity index is 1.34. The Labute approximate surface area is 252 Å². The topological polar surface area (TPSA) is 67.3 Å². The van der Waals surface area contributed by atoms with Gasteiger partial charge in [0.1, 0.15) is 11.6 Å². The van der Waals surface area contributed by atoms with Gasteiger partial charge in [-0.25, -0.2) is 0 Å². The highest BCUT2D eigenvalue weighted by Crippen LogP contribution is 2.33. The third-order valence-electron chi connectivity index (χ3n) is 9.66. The maximum Gasteiger partial charge on any atom is 0.222 e. The van der Waals surface area contributed by atoms with Gasteiger partial charge in [0.15, 0.2) is 0 Å². The molecule has 1 aliphatic rings. The predicted molar refractivity (Wildman–Crippen MR) is 170 cm³/mol. The van der Waals surface area contributed by atoms with E-state index in [1.54, 1.807) is 6.92 Å². The van der Waals surface area contributed by atoms with Crippen molar-refractivity contribution >= 4 is 28.2 Å². The van der Waals surface area contributed by atoms with Crippen molar-refractivity contribution in [2.24, 2.45) is 11.8 Å². The minimum absolute atomic E-state index is 0.0400. The molecule has 5 heteroatoms. The third-order valence-corrected chi connectivity index (χ3v) is 9.66. The van der Waals surface area contributed by atoms with E-state index in [1.165, 1.54) is 16.7 Å². The quantitative estimate of drug-likeness (QED) is 0.199. The molecule has 0 N–H and O–H groups in total. The van der Waals surface area contributed by atoms with E-state index in [0.29, 0.717) is 37.4 Å². The summed E-state index contributed by atoms with van der Waals surface area (Å²) in [5.74, 6) is 1.55. The summed E-state index contributed by atoms with van der Waals surface area (Å²) < 4.78 is 0. The van der Waals surface area contributed by atoms with Crippen LogP contribution in [0.15, 0.2) is 54.7 Å². The predicted octanol–water partition coefficient (Wildman–Crippen LogP) is 7.77. The molecule has 1 saturated carbocycles. The van der Waals surface area contributed by atoms with Crippen LogP contribution in [0.25, 0.3) is 10.8 Å². The first-order valence-corrected chi connectivity index (χ1v) is 15.9. The van der Waals surface area contributed by atoms with Gasteiger partial charge in [0.05, 0.1) is 0 Å². The second-order valence-corrected chi connectivity index (χ2v) is 12.6. The van der Waals surface area contributed by atoms with Crippen molar-refractivity contribution in [1.82, 2.24) is 9.88 Å². The summed E-state index contributed by atoms with van der Waals surface area (Å²) in [7, 11) is 1.92. The highest BCUT2D eigenvalue weighted by Gasteiger charge is 2.25. The molecule has 0 aliphatic heterocycles. The van der Waals surface area contributed by atoms with E-state index >= 15 is 0 Å². The first-order valence-electron chi connectivity index (χ1n) is 15.9. The number of hydrogen-bond donors (Lipinski definition) is 0. The summed E-state index contributed by atoms with van der Waals surface area (Å²) in [4.78, 5) is 44.6. The van der Waals surface area contributed by atoms with Crippen molar-refractivity contribution in [3.63, 3.8) is 0 Å². The number of hydrogen-bond acceptors (Lipinski definition) is 4. The Morgan fingerprint density at radius 2 is 1.67 bits per heavy atom. The highest BCUT2D eigenvalue weighted by atomic mass is 16.2. The fourth-order valence-electron chi connectivity index (χ4n) is 6.58. The van der Waals surface area contributed by atoms with Crippen LogP contribution in [0.1, 0.15) is 93.5 Å². The molecule has 1 heterocycles. The molecule has 1 atom stereocenters. The maximum absolute atomic E-state index is 13.4. The molecule has 0 bridgehead atoms. The lowest BCUT2D eigenvalue weighted by Crippen LogP contribution is -2.37. The minimum atomic E-state index is 0.0400. The van der Waals surface area contributed by atoms with E-state index in [0.717, 1.165) is 67.8 Å². The standard InChI is InChI=1S/C37H48N2O3/c1-26-9-7-13-30(27(26)2)19-22-37(42)39(4)35(14-8-10-29-15-17-31(18-16-29)28(3)40)20-21-36(41)24-34-23-32-11-5-6-12-33(32)25-38-34/h5-7,9,11-13,23,25,29,31,35H,8,10,14-22,24H2,1-4H3/t29?,31?,35-/m0/s1. The van der Waals surface area contributed by atoms with Crippen molar-refractivity contribution in [1.29, 1.82) is 0 Å². The van der Waals surface area contributed by atoms with Crippen LogP contribution in [0.3, 0.4) is 0 Å². The lowest BCUT2D eigenvalue weighted by molar-refractivity contribution is -0.132. The lowest BCUT2D eigenvalue weighted by atomic mass is 9.78. The fourth-order valence-corrected chi connectivity index (χ4v) is 6.58. The number of nitrogens with zero attached hydrogens (tertiary/aromatic N) is 2. The van der Waals surface area contributed by atoms with E-state index in [1.807, 2.05) is 48.5 Å². The van der Waals surface area contributed by atoms with Crippen LogP contribution in [0.4, 0.5) is 0 Å². The average molecular weight is 569 g/mol. The first kappa shape index (κ1) is 31.6. The smallest absolute Gasteiger partial charge is 0.222 e. The summed E-state index contributed by atoms with van der Waals surface area (Å²) in [6.07, 6.45) is 11.8. The Kier molecular flexibility index (Phi) is 11.5. The lowest BCUT2D eigenvalue weighted by Gasteiger charge is -2.30. The molecule has 5 nitrogen and oxygen atoms in total. The Morgan fingerprint density at radius 1 is 0.929 bits per heavy atom. The normalized spacial score (nSPS) is 17.6. The first-order chi connectivity index (χ1) is 20.2. The van der Waals surface area contributed by atoms with Crippen LogP contribution in [0.5, 0.6) is 0 Å². The Bertz CT molecular complexity index is 1370. The molecule has 0 spiro atoms. The van der Waals surface area contributed by atoms with Crippen molar-refractivity contribution in [3.05, 3.63) is 77.1 Å². The van der Waals surface area contributed by atoms with Gasteiger partial charge < -0.3 is 4.90 Å². The molecule has 1 amide bonds. The van der Waals surface area contributed by atoms with Crippen LogP contribution in [0, 0.1) is 25.7 Å². The Hall–Kier alpha value is -3.34. The summed E-state index contributed by atoms with van der Waals surface area (Å²) >= 11 is 0. The van der Waals surface area contributed by atoms with E-state index in [9.17, 15) is 14.4 Å². The second-order valence-electron chi connectivity index (χ2n) is 12.6. The van der Waals surface area contributed by atoms with Gasteiger partial charge in [-0.2, -0.15) is 0 Å². The average Bonchev–Trinajstić information content (AvgIpc) is 2.99. The molecule has 1 fully saturated rings. The molecule has 3 aromatic rings. The number of rotatable bonds is 14. The molecule has 1 aliphatic carbocycles. The molecule has 0 radical (unpaired) electrons. The molecule has 4 rings (SSSR count). The van der Waals surface area contributed by atoms with Crippen LogP contribution >= 0.6 is 0 Å². The largest absolute Gasteiger partial charge is 0.343 e. The van der Waals surface area contributed by atoms with Gasteiger partial charge in [0.25, 0.3) is 0 Å². The molecule has 0 unspecified atom stereocenters. The molecule has 2 aromatic carbocycles. The van der Waals surface area contributed by atoms with Crippen molar-refractivity contribution in [3.8, 4) is 0 Å². The van der Waals surface area contributed by atoms with Crippen LogP contribution < -0.4 is 0 Å². The van der Waals surface area contributed by atoms with Crippen molar-refractivity contribution in [2.45, 2.75) is 104 Å². The van der Waals surface area contributed by atoms with Crippen molar-refractivity contribution in [2.75, 3.05) is 7.05 Å². The molecule has 0 saturated heterocycles. The van der Waals surface area contributed by atoms with Crippen LogP contribution in [0.2, 0.25) is 0 Å². The number of amides is 1. The van der Waals surface area contributed by atoms with Crippen LogP contribution in [-0.4, -0.2) is 40.4 Å². The summed E-state index contributed by atoms with van der Waals surface area (Å²) in [5, 5.41) is 2.17. The van der Waals surface area contributed by atoms with E-state index < -0.39 is 0 Å². The Morgan fingerprint density at radius 3 is 2.40 bits per heavy atom. The number of pyridine rings is 1. The molecule has 224 valence electrons. The van der Waals surface area contributed by atoms with Gasteiger partial charge in [-0.15, -0.1) is 0 Å². The molecular formula is C37H48N2O3. The zero-order valence-electron chi connectivity index (χ0n) is 26.0. The number of Topliss-reactive ketones (excluding diaryl/α,β-unsaturated/α-hetero) is 2. The highest BCUT2D eigenvalue weighted by molar-refractivity contribution is 5.85. The number of fused-ring (bicyclic) bond motifs is 1. The van der Waals surface area contributed by atoms with Gasteiger partial charge in [0, 0.05) is 55.5 Å². The monoisotopic (exact) mass is 568 g/mol. The van der Waals surface area contributed by atoms with Crippen LogP contribution in [-0.2, 0) is 27.2 Å². The number of carbonyl (C=O) groups is 3. The number of benzene rings is 2. The zero-order valence-corrected chi connectivity index (χ0v) is 26.0. The summed E-state index contributed by atoms with van der Waals surface area (Å²) in [5.41, 5.74) is 4.54. The molecular weight excluding hydrogens is 520 g/mol. The van der Waals surface area contributed by atoms with E-state index in [2.05, 4.69) is 37.0 Å². The minimum Gasteiger partial charge on any atom is -0.343 e. The molecule has 42 heavy (non-hydrogen) atoms. The number of aromatic nitrogens is 1. The third kappa shape index (κ3) is 8.83. The molecule has 1 aromatic heterocycles. The van der Waals surface area contributed by atoms with Gasteiger partial charge in [0.2, 0.25) is 5.91 Å². The van der Waals surface area contributed by atoms with Gasteiger partial charge in [-0.3, -0.25) is 19.4 Å². The number of aryl methyl sites for hydroxylation is 2. The fraction of sp³-hybridized carbons (Fsp3) is 0.514. The summed E-state index contributed by atoms with van der Waals surface area (Å²) in [6.45, 7) is 5.96. The van der Waals surface area contributed by atoms with E-state index in [4.69, 9.17) is 0 Å². The second kappa shape index (κ2) is 15.2. The van der Waals surface area contributed by atoms with E-state index in [-0.39, 0.29) is 23.7 Å². The number of ketones is 2. The van der Waals surface area contributed by atoms with Crippen molar-refractivity contribution < 1.29 is 14.4 Å². The SMILES string of the molecule is CC(=O)C1CCC(CCC[C@@H](CCC(=O)Cc2cc3ccccc3cn2)N(C)C(=O)CCc2cccc(C)c2C)CC1. The number of carbonyl (C=O) groups excluding carboxylic acids is 3. The van der Waals surface area contributed by atoms with Gasteiger partial charge in [-0.05, 0) is 99.8 Å². The summed E-state index contributed by atoms with van der Waals surface area (Å²) in [6, 6.07) is 16.4. The van der Waals surface area contributed by atoms with Gasteiger partial charge in [-0.1, -0.05) is 55.3 Å². The maximum atomic E-state index is 13.4. The zero-order chi connectivity index (χ0) is 30.1. The van der Waals surface area contributed by atoms with Gasteiger partial charge >= 0.3 is 0 Å².